The first kappa shape index (κ1) is 21.7. The Balaban J connectivity index is 1.19. The van der Waals surface area contributed by atoms with Gasteiger partial charge in [0.15, 0.2) is 12.6 Å². The van der Waals surface area contributed by atoms with Gasteiger partial charge in [-0.2, -0.15) is 0 Å². The van der Waals surface area contributed by atoms with E-state index in [-0.39, 0.29) is 18.0 Å². The van der Waals surface area contributed by atoms with Gasteiger partial charge in [0, 0.05) is 36.1 Å². The lowest BCUT2D eigenvalue weighted by Crippen LogP contribution is -2.66. The molecule has 4 aliphatic rings. The molecule has 178 valence electrons. The van der Waals surface area contributed by atoms with Gasteiger partial charge in [0.05, 0.1) is 13.1 Å². The molecule has 0 radical (unpaired) electrons. The molecule has 8 heteroatoms. The standard InChI is InChI=1S/C27H26N4O4/c32-25(30-24-9-12-28-17-29-24)16-31-13-10-18(11-14-31)23(15-31)35-27(33)26-19-5-1-3-7-21(19)34-22-8-4-2-6-20(22)26/h1-9,12,17-18,23,26H,10-11,13-16H2/p+1/t18?,23-,31?/m0/s1. The summed E-state index contributed by atoms with van der Waals surface area (Å²) in [5, 5.41) is 2.87. The lowest BCUT2D eigenvalue weighted by atomic mass is 9.82. The molecule has 1 amide bonds. The molecule has 5 heterocycles. The SMILES string of the molecule is O=C(C[N+]12CCC(CC1)[C@@H](OC(=O)C1c3ccccc3Oc3ccccc31)C2)Nc1ccncn1. The third kappa shape index (κ3) is 4.14. The molecule has 7 rings (SSSR count). The molecule has 3 saturated heterocycles. The summed E-state index contributed by atoms with van der Waals surface area (Å²) >= 11 is 0. The quantitative estimate of drug-likeness (QED) is 0.453. The van der Waals surface area contributed by atoms with Crippen LogP contribution < -0.4 is 10.1 Å². The fraction of sp³-hybridized carbons (Fsp3) is 0.333. The lowest BCUT2D eigenvalue weighted by molar-refractivity contribution is -0.938. The van der Waals surface area contributed by atoms with E-state index < -0.39 is 5.92 Å². The minimum atomic E-state index is -0.527. The zero-order valence-corrected chi connectivity index (χ0v) is 19.3. The number of piperidine rings is 3. The first-order chi connectivity index (χ1) is 17.1. The maximum atomic E-state index is 13.7. The van der Waals surface area contributed by atoms with E-state index in [4.69, 9.17) is 9.47 Å². The van der Waals surface area contributed by atoms with Crippen LogP contribution in [0.5, 0.6) is 11.5 Å². The van der Waals surface area contributed by atoms with E-state index in [1.54, 1.807) is 12.3 Å². The minimum absolute atomic E-state index is 0.0820. The van der Waals surface area contributed by atoms with Gasteiger partial charge >= 0.3 is 5.97 Å². The van der Waals surface area contributed by atoms with Gasteiger partial charge in [-0.1, -0.05) is 36.4 Å². The first-order valence-electron chi connectivity index (χ1n) is 12.1. The number of hydrogen-bond donors (Lipinski definition) is 1. The number of benzene rings is 2. The Hall–Kier alpha value is -3.78. The highest BCUT2D eigenvalue weighted by atomic mass is 16.5. The third-order valence-electron chi connectivity index (χ3n) is 7.55. The van der Waals surface area contributed by atoms with Crippen LogP contribution in [0.2, 0.25) is 0 Å². The van der Waals surface area contributed by atoms with Crippen molar-refractivity contribution in [3.63, 3.8) is 0 Å². The number of para-hydroxylation sites is 2. The number of carbonyl (C=O) groups is 2. The number of ether oxygens (including phenoxy) is 2. The maximum Gasteiger partial charge on any atom is 0.318 e. The average molecular weight is 472 g/mol. The molecule has 2 aromatic carbocycles. The number of quaternary nitrogens is 1. The summed E-state index contributed by atoms with van der Waals surface area (Å²) in [6.45, 7) is 2.82. The first-order valence-corrected chi connectivity index (χ1v) is 12.1. The van der Waals surface area contributed by atoms with E-state index in [9.17, 15) is 9.59 Å². The Labute approximate surface area is 203 Å². The summed E-state index contributed by atoms with van der Waals surface area (Å²) in [4.78, 5) is 34.4. The van der Waals surface area contributed by atoms with E-state index in [1.165, 1.54) is 6.33 Å². The zero-order valence-electron chi connectivity index (χ0n) is 19.3. The number of aromatic nitrogens is 2. The van der Waals surface area contributed by atoms with Crippen LogP contribution in [0.1, 0.15) is 29.9 Å². The number of hydrogen-bond acceptors (Lipinski definition) is 6. The highest BCUT2D eigenvalue weighted by molar-refractivity contribution is 5.90. The van der Waals surface area contributed by atoms with Crippen molar-refractivity contribution in [1.82, 2.24) is 9.97 Å². The Morgan fingerprint density at radius 3 is 2.34 bits per heavy atom. The van der Waals surface area contributed by atoms with E-state index in [0.717, 1.165) is 37.1 Å². The summed E-state index contributed by atoms with van der Waals surface area (Å²) in [5.74, 6) is 1.33. The summed E-state index contributed by atoms with van der Waals surface area (Å²) in [5.41, 5.74) is 1.65. The summed E-state index contributed by atoms with van der Waals surface area (Å²) in [7, 11) is 0. The fourth-order valence-electron chi connectivity index (χ4n) is 5.81. The van der Waals surface area contributed by atoms with Crippen molar-refractivity contribution < 1.29 is 23.5 Å². The number of esters is 1. The second-order valence-corrected chi connectivity index (χ2v) is 9.70. The monoisotopic (exact) mass is 471 g/mol. The normalized spacial score (nSPS) is 24.6. The van der Waals surface area contributed by atoms with Crippen molar-refractivity contribution in [2.75, 3.05) is 31.5 Å². The molecule has 0 aliphatic carbocycles. The average Bonchev–Trinajstić information content (AvgIpc) is 2.88. The fourth-order valence-corrected chi connectivity index (χ4v) is 5.81. The van der Waals surface area contributed by atoms with Gasteiger partial charge in [-0.15, -0.1) is 0 Å². The van der Waals surface area contributed by atoms with E-state index in [0.29, 0.717) is 40.8 Å². The molecule has 0 spiro atoms. The van der Waals surface area contributed by atoms with Gasteiger partial charge in [-0.3, -0.25) is 9.59 Å². The molecule has 1 aromatic heterocycles. The van der Waals surface area contributed by atoms with Gasteiger partial charge < -0.3 is 19.3 Å². The predicted molar refractivity (Wildman–Crippen MR) is 128 cm³/mol. The van der Waals surface area contributed by atoms with Crippen molar-refractivity contribution in [3.8, 4) is 11.5 Å². The number of amides is 1. The van der Waals surface area contributed by atoms with E-state index in [2.05, 4.69) is 15.3 Å². The third-order valence-corrected chi connectivity index (χ3v) is 7.55. The number of anilines is 1. The number of rotatable bonds is 5. The topological polar surface area (TPSA) is 90.4 Å². The Bertz CT molecular complexity index is 1210. The zero-order chi connectivity index (χ0) is 23.8. The minimum Gasteiger partial charge on any atom is -0.457 e. The molecule has 8 nitrogen and oxygen atoms in total. The number of carbonyl (C=O) groups excluding carboxylic acids is 2. The number of nitrogens with one attached hydrogen (secondary N) is 1. The molecule has 0 unspecified atom stereocenters. The highest BCUT2D eigenvalue weighted by Crippen LogP contribution is 2.45. The van der Waals surface area contributed by atoms with Crippen molar-refractivity contribution in [2.45, 2.75) is 24.9 Å². The molecule has 1 atom stereocenters. The van der Waals surface area contributed by atoms with Crippen molar-refractivity contribution in [2.24, 2.45) is 5.92 Å². The molecule has 3 fully saturated rings. The van der Waals surface area contributed by atoms with Crippen LogP contribution in [-0.2, 0) is 14.3 Å². The van der Waals surface area contributed by atoms with Gasteiger partial charge in [0.2, 0.25) is 0 Å². The van der Waals surface area contributed by atoms with E-state index >= 15 is 0 Å². The van der Waals surface area contributed by atoms with Crippen molar-refractivity contribution in [3.05, 3.63) is 78.2 Å². The Morgan fingerprint density at radius 2 is 1.69 bits per heavy atom. The van der Waals surface area contributed by atoms with Gasteiger partial charge in [0.25, 0.3) is 5.91 Å². The molecule has 3 aromatic rings. The van der Waals surface area contributed by atoms with Gasteiger partial charge in [-0.25, -0.2) is 9.97 Å². The van der Waals surface area contributed by atoms with Crippen LogP contribution in [0.25, 0.3) is 0 Å². The Morgan fingerprint density at radius 1 is 1.00 bits per heavy atom. The second-order valence-electron chi connectivity index (χ2n) is 9.70. The summed E-state index contributed by atoms with van der Waals surface area (Å²) in [6, 6.07) is 17.0. The molecular weight excluding hydrogens is 444 g/mol. The van der Waals surface area contributed by atoms with Crippen molar-refractivity contribution >= 4 is 17.7 Å². The predicted octanol–water partition coefficient (Wildman–Crippen LogP) is 3.51. The molecule has 0 saturated carbocycles. The number of fused-ring (bicyclic) bond motifs is 5. The largest absolute Gasteiger partial charge is 0.457 e. The molecule has 2 bridgehead atoms. The summed E-state index contributed by atoms with van der Waals surface area (Å²) in [6.07, 6.45) is 4.69. The Kier molecular flexibility index (Phi) is 5.45. The smallest absolute Gasteiger partial charge is 0.318 e. The second kappa shape index (κ2) is 8.78. The van der Waals surface area contributed by atoms with Crippen molar-refractivity contribution in [1.29, 1.82) is 0 Å². The maximum absolute atomic E-state index is 13.7. The summed E-state index contributed by atoms with van der Waals surface area (Å²) < 4.78 is 12.9. The van der Waals surface area contributed by atoms with Crippen LogP contribution >= 0.6 is 0 Å². The molecular formula is C27H27N4O4+. The van der Waals surface area contributed by atoms with Crippen LogP contribution in [0.15, 0.2) is 67.1 Å². The van der Waals surface area contributed by atoms with E-state index in [1.807, 2.05) is 48.5 Å². The number of nitrogens with zero attached hydrogens (tertiary/aromatic N) is 3. The van der Waals surface area contributed by atoms with Crippen LogP contribution in [-0.4, -0.2) is 58.6 Å². The highest BCUT2D eigenvalue weighted by Gasteiger charge is 2.49. The van der Waals surface area contributed by atoms with Crippen LogP contribution in [0, 0.1) is 5.92 Å². The van der Waals surface area contributed by atoms with Crippen LogP contribution in [0.4, 0.5) is 5.82 Å². The van der Waals surface area contributed by atoms with Gasteiger partial charge in [-0.05, 0) is 18.2 Å². The lowest BCUT2D eigenvalue weighted by Gasteiger charge is -2.51. The van der Waals surface area contributed by atoms with Gasteiger partial charge in [0.1, 0.15) is 36.1 Å². The molecule has 35 heavy (non-hydrogen) atoms. The van der Waals surface area contributed by atoms with Crippen LogP contribution in [0.3, 0.4) is 0 Å². The molecule has 4 aliphatic heterocycles. The molecule has 1 N–H and O–H groups in total.